The Morgan fingerprint density at radius 3 is 1.96 bits per heavy atom. The monoisotopic (exact) mass is 389 g/mol. The number of nitrogens with one attached hydrogen (secondary N) is 1. The van der Waals surface area contributed by atoms with Gasteiger partial charge in [0.05, 0.1) is 28.4 Å². The molecular formula is C21H27NO6. The zero-order valence-corrected chi connectivity index (χ0v) is 16.9. The molecule has 2 aromatic carbocycles. The van der Waals surface area contributed by atoms with Gasteiger partial charge >= 0.3 is 0 Å². The maximum atomic E-state index is 12.6. The van der Waals surface area contributed by atoms with E-state index >= 15 is 0 Å². The average molecular weight is 389 g/mol. The third-order valence-electron chi connectivity index (χ3n) is 4.19. The van der Waals surface area contributed by atoms with Gasteiger partial charge < -0.3 is 29.0 Å². The number of rotatable bonds is 10. The van der Waals surface area contributed by atoms with Gasteiger partial charge in [-0.3, -0.25) is 4.79 Å². The van der Waals surface area contributed by atoms with E-state index in [1.165, 1.54) is 0 Å². The lowest BCUT2D eigenvalue weighted by Gasteiger charge is -2.19. The molecule has 1 atom stereocenters. The predicted molar refractivity (Wildman–Crippen MR) is 106 cm³/mol. The van der Waals surface area contributed by atoms with Gasteiger partial charge in [-0.2, -0.15) is 0 Å². The van der Waals surface area contributed by atoms with Gasteiger partial charge in [0.15, 0.2) is 29.1 Å². The van der Waals surface area contributed by atoms with Crippen LogP contribution in [0.3, 0.4) is 0 Å². The van der Waals surface area contributed by atoms with Gasteiger partial charge in [-0.1, -0.05) is 19.1 Å². The van der Waals surface area contributed by atoms with Gasteiger partial charge in [0.1, 0.15) is 0 Å². The summed E-state index contributed by atoms with van der Waals surface area (Å²) in [5, 5.41) is 2.89. The quantitative estimate of drug-likeness (QED) is 0.673. The van der Waals surface area contributed by atoms with Gasteiger partial charge in [0, 0.05) is 6.54 Å². The highest BCUT2D eigenvalue weighted by Crippen LogP contribution is 2.38. The minimum absolute atomic E-state index is 0.220. The van der Waals surface area contributed by atoms with E-state index in [2.05, 4.69) is 5.32 Å². The smallest absolute Gasteiger partial charge is 0.261 e. The first-order valence-corrected chi connectivity index (χ1v) is 8.94. The van der Waals surface area contributed by atoms with Crippen LogP contribution in [0.5, 0.6) is 28.7 Å². The molecule has 0 bridgehead atoms. The molecule has 152 valence electrons. The lowest BCUT2D eigenvalue weighted by molar-refractivity contribution is -0.128. The van der Waals surface area contributed by atoms with Crippen LogP contribution >= 0.6 is 0 Å². The van der Waals surface area contributed by atoms with Crippen molar-refractivity contribution in [1.82, 2.24) is 5.32 Å². The molecule has 0 fully saturated rings. The van der Waals surface area contributed by atoms with E-state index in [0.717, 1.165) is 5.56 Å². The summed E-state index contributed by atoms with van der Waals surface area (Å²) in [6.07, 6.45) is -0.127. The number of carbonyl (C=O) groups excluding carboxylic acids is 1. The molecule has 0 spiro atoms. The van der Waals surface area contributed by atoms with Gasteiger partial charge in [-0.05, 0) is 36.2 Å². The van der Waals surface area contributed by atoms with Crippen LogP contribution in [0.1, 0.15) is 18.9 Å². The molecule has 1 amide bonds. The molecule has 28 heavy (non-hydrogen) atoms. The Bertz CT molecular complexity index is 767. The summed E-state index contributed by atoms with van der Waals surface area (Å²) in [6, 6.07) is 10.8. The number of hydrogen-bond donors (Lipinski definition) is 1. The van der Waals surface area contributed by atoms with E-state index in [4.69, 9.17) is 23.7 Å². The summed E-state index contributed by atoms with van der Waals surface area (Å²) in [4.78, 5) is 12.6. The number of para-hydroxylation sites is 2. The fourth-order valence-electron chi connectivity index (χ4n) is 2.73. The molecule has 2 rings (SSSR count). The third-order valence-corrected chi connectivity index (χ3v) is 4.19. The highest BCUT2D eigenvalue weighted by molar-refractivity contribution is 5.81. The van der Waals surface area contributed by atoms with Crippen molar-refractivity contribution in [2.45, 2.75) is 26.0 Å². The van der Waals surface area contributed by atoms with Crippen LogP contribution in [0.25, 0.3) is 0 Å². The molecule has 0 aliphatic carbocycles. The molecule has 0 radical (unpaired) electrons. The first kappa shape index (κ1) is 21.2. The van der Waals surface area contributed by atoms with Crippen LogP contribution in [-0.2, 0) is 11.3 Å². The Kier molecular flexibility index (Phi) is 7.80. The predicted octanol–water partition coefficient (Wildman–Crippen LogP) is 3.19. The van der Waals surface area contributed by atoms with Crippen molar-refractivity contribution in [2.75, 3.05) is 28.4 Å². The molecule has 7 nitrogen and oxygen atoms in total. The number of methoxy groups -OCH3 is 4. The summed E-state index contributed by atoms with van der Waals surface area (Å²) in [6.45, 7) is 2.18. The molecule has 0 saturated carbocycles. The molecule has 0 aliphatic rings. The second-order valence-electron chi connectivity index (χ2n) is 5.92. The fourth-order valence-corrected chi connectivity index (χ4v) is 2.73. The van der Waals surface area contributed by atoms with Crippen molar-refractivity contribution in [3.63, 3.8) is 0 Å². The number of carbonyl (C=O) groups is 1. The minimum Gasteiger partial charge on any atom is -0.493 e. The summed E-state index contributed by atoms with van der Waals surface area (Å²) in [7, 11) is 6.21. The van der Waals surface area contributed by atoms with Crippen molar-refractivity contribution in [3.8, 4) is 28.7 Å². The largest absolute Gasteiger partial charge is 0.493 e. The number of hydrogen-bond acceptors (Lipinski definition) is 6. The minimum atomic E-state index is -0.640. The first-order valence-electron chi connectivity index (χ1n) is 8.94. The van der Waals surface area contributed by atoms with Gasteiger partial charge in [-0.15, -0.1) is 0 Å². The second-order valence-corrected chi connectivity index (χ2v) is 5.92. The second kappa shape index (κ2) is 10.3. The van der Waals surface area contributed by atoms with E-state index in [-0.39, 0.29) is 5.91 Å². The van der Waals surface area contributed by atoms with Crippen LogP contribution in [0.4, 0.5) is 0 Å². The maximum absolute atomic E-state index is 12.6. The summed E-state index contributed by atoms with van der Waals surface area (Å²) in [5.74, 6) is 2.46. The topological polar surface area (TPSA) is 75.3 Å². The van der Waals surface area contributed by atoms with Crippen LogP contribution in [0, 0.1) is 0 Å². The average Bonchev–Trinajstić information content (AvgIpc) is 2.74. The van der Waals surface area contributed by atoms with Crippen molar-refractivity contribution < 1.29 is 28.5 Å². The lowest BCUT2D eigenvalue weighted by atomic mass is 10.1. The first-order chi connectivity index (χ1) is 13.6. The van der Waals surface area contributed by atoms with Gasteiger partial charge in [0.2, 0.25) is 5.75 Å². The Morgan fingerprint density at radius 2 is 1.46 bits per heavy atom. The van der Waals surface area contributed by atoms with E-state index in [1.54, 1.807) is 52.7 Å². The molecule has 0 aromatic heterocycles. The standard InChI is InChI=1S/C21H27NO6/c1-6-15(28-17-10-8-7-9-16(17)24-2)21(23)22-13-14-11-18(25-3)20(27-5)19(12-14)26-4/h7-12,15H,6,13H2,1-5H3,(H,22,23). The Morgan fingerprint density at radius 1 is 0.893 bits per heavy atom. The molecule has 7 heteroatoms. The number of ether oxygens (including phenoxy) is 5. The van der Waals surface area contributed by atoms with Gasteiger partial charge in [0.25, 0.3) is 5.91 Å². The fraction of sp³-hybridized carbons (Fsp3) is 0.381. The normalized spacial score (nSPS) is 11.3. The van der Waals surface area contributed by atoms with Crippen LogP contribution in [-0.4, -0.2) is 40.5 Å². The molecule has 1 unspecified atom stereocenters. The number of benzene rings is 2. The summed E-state index contributed by atoms with van der Waals surface area (Å²) >= 11 is 0. The summed E-state index contributed by atoms with van der Waals surface area (Å²) < 4.78 is 27.1. The Balaban J connectivity index is 2.09. The zero-order valence-electron chi connectivity index (χ0n) is 16.9. The van der Waals surface area contributed by atoms with E-state index in [9.17, 15) is 4.79 Å². The van der Waals surface area contributed by atoms with Crippen LogP contribution in [0.15, 0.2) is 36.4 Å². The maximum Gasteiger partial charge on any atom is 0.261 e. The number of amides is 1. The molecular weight excluding hydrogens is 362 g/mol. The van der Waals surface area contributed by atoms with E-state index in [0.29, 0.717) is 41.7 Å². The lowest BCUT2D eigenvalue weighted by Crippen LogP contribution is -2.37. The van der Waals surface area contributed by atoms with Crippen molar-refractivity contribution in [3.05, 3.63) is 42.0 Å². The molecule has 1 N–H and O–H groups in total. The van der Waals surface area contributed by atoms with Crippen molar-refractivity contribution in [2.24, 2.45) is 0 Å². The highest BCUT2D eigenvalue weighted by atomic mass is 16.5. The molecule has 0 heterocycles. The molecule has 0 aliphatic heterocycles. The van der Waals surface area contributed by atoms with Gasteiger partial charge in [-0.25, -0.2) is 0 Å². The van der Waals surface area contributed by atoms with Crippen LogP contribution < -0.4 is 29.0 Å². The zero-order chi connectivity index (χ0) is 20.5. The molecule has 0 saturated heterocycles. The highest BCUT2D eigenvalue weighted by Gasteiger charge is 2.20. The Hall–Kier alpha value is -3.09. The Labute approximate surface area is 165 Å². The van der Waals surface area contributed by atoms with E-state index in [1.807, 2.05) is 19.1 Å². The third kappa shape index (κ3) is 5.00. The SMILES string of the molecule is CCC(Oc1ccccc1OC)C(=O)NCc1cc(OC)c(OC)c(OC)c1. The van der Waals surface area contributed by atoms with Crippen molar-refractivity contribution >= 4 is 5.91 Å². The van der Waals surface area contributed by atoms with Crippen LogP contribution in [0.2, 0.25) is 0 Å². The molecule has 2 aromatic rings. The van der Waals surface area contributed by atoms with E-state index < -0.39 is 6.10 Å². The summed E-state index contributed by atoms with van der Waals surface area (Å²) in [5.41, 5.74) is 0.815. The van der Waals surface area contributed by atoms with Crippen molar-refractivity contribution in [1.29, 1.82) is 0 Å².